The van der Waals surface area contributed by atoms with Gasteiger partial charge in [-0.05, 0) is 30.2 Å². The van der Waals surface area contributed by atoms with Crippen molar-refractivity contribution in [3.8, 4) is 0 Å². The van der Waals surface area contributed by atoms with Gasteiger partial charge < -0.3 is 9.72 Å². The molecule has 0 unspecified atom stereocenters. The number of nitro groups is 2. The molecule has 32 heavy (non-hydrogen) atoms. The van der Waals surface area contributed by atoms with Crippen LogP contribution in [0.3, 0.4) is 0 Å². The summed E-state index contributed by atoms with van der Waals surface area (Å²) in [6.45, 7) is 1.11. The predicted molar refractivity (Wildman–Crippen MR) is 119 cm³/mol. The third-order valence-electron chi connectivity index (χ3n) is 5.21. The second-order valence-electron chi connectivity index (χ2n) is 7.27. The Balaban J connectivity index is 2.05. The van der Waals surface area contributed by atoms with Gasteiger partial charge in [0.2, 0.25) is 12.6 Å². The smallest absolute Gasteiger partial charge is 0.334 e. The summed E-state index contributed by atoms with van der Waals surface area (Å²) in [5.74, 6) is -1.73. The SMILES string of the molecule is CCOC(=O)/C(=C/c1ccccc1)C[C@@H]([C@@H](C[N+](=O)[O-])c1c[nH]c2ccccc12)[N+](=O)[O-]. The third-order valence-corrected chi connectivity index (χ3v) is 5.21. The number of rotatable bonds is 10. The van der Waals surface area contributed by atoms with Gasteiger partial charge in [0, 0.05) is 38.9 Å². The van der Waals surface area contributed by atoms with Gasteiger partial charge in [0.1, 0.15) is 5.92 Å². The highest BCUT2D eigenvalue weighted by Crippen LogP contribution is 2.32. The maximum absolute atomic E-state index is 12.6. The fourth-order valence-electron chi connectivity index (χ4n) is 3.75. The lowest BCUT2D eigenvalue weighted by Gasteiger charge is -2.19. The molecule has 1 N–H and O–H groups in total. The monoisotopic (exact) mass is 437 g/mol. The van der Waals surface area contributed by atoms with Crippen LogP contribution in [-0.4, -0.2) is 40.0 Å². The van der Waals surface area contributed by atoms with E-state index in [1.54, 1.807) is 61.7 Å². The number of para-hydroxylation sites is 1. The molecule has 9 nitrogen and oxygen atoms in total. The van der Waals surface area contributed by atoms with Crippen molar-refractivity contribution in [3.05, 3.63) is 97.7 Å². The zero-order chi connectivity index (χ0) is 23.1. The van der Waals surface area contributed by atoms with Crippen molar-refractivity contribution in [2.75, 3.05) is 13.2 Å². The van der Waals surface area contributed by atoms with Gasteiger partial charge in [-0.15, -0.1) is 0 Å². The van der Waals surface area contributed by atoms with Crippen LogP contribution in [-0.2, 0) is 9.53 Å². The molecule has 0 fully saturated rings. The third kappa shape index (κ3) is 5.37. The molecule has 0 saturated carbocycles. The Morgan fingerprint density at radius 2 is 1.78 bits per heavy atom. The minimum absolute atomic E-state index is 0.0907. The molecule has 3 rings (SSSR count). The lowest BCUT2D eigenvalue weighted by Crippen LogP contribution is -2.33. The van der Waals surface area contributed by atoms with Crippen molar-refractivity contribution >= 4 is 22.9 Å². The van der Waals surface area contributed by atoms with E-state index >= 15 is 0 Å². The number of aromatic amines is 1. The molecule has 0 radical (unpaired) electrons. The Labute approximate surface area is 184 Å². The van der Waals surface area contributed by atoms with Gasteiger partial charge >= 0.3 is 5.97 Å². The first-order valence-corrected chi connectivity index (χ1v) is 10.1. The van der Waals surface area contributed by atoms with Crippen molar-refractivity contribution in [3.63, 3.8) is 0 Å². The van der Waals surface area contributed by atoms with E-state index in [9.17, 15) is 25.0 Å². The molecule has 0 saturated heterocycles. The highest BCUT2D eigenvalue weighted by Gasteiger charge is 2.39. The van der Waals surface area contributed by atoms with Crippen LogP contribution in [0.2, 0.25) is 0 Å². The lowest BCUT2D eigenvalue weighted by molar-refractivity contribution is -0.546. The van der Waals surface area contributed by atoms with E-state index in [4.69, 9.17) is 4.74 Å². The van der Waals surface area contributed by atoms with Gasteiger partial charge in [0.25, 0.3) is 0 Å². The number of benzene rings is 2. The highest BCUT2D eigenvalue weighted by molar-refractivity contribution is 5.93. The van der Waals surface area contributed by atoms with E-state index in [0.29, 0.717) is 16.5 Å². The first-order chi connectivity index (χ1) is 15.4. The maximum atomic E-state index is 12.6. The second-order valence-corrected chi connectivity index (χ2v) is 7.27. The van der Waals surface area contributed by atoms with Gasteiger partial charge in [-0.1, -0.05) is 48.5 Å². The van der Waals surface area contributed by atoms with Gasteiger partial charge in [0.05, 0.1) is 6.61 Å². The Kier molecular flexibility index (Phi) is 7.33. The number of ether oxygens (including phenoxy) is 1. The van der Waals surface area contributed by atoms with Crippen LogP contribution >= 0.6 is 0 Å². The summed E-state index contributed by atoms with van der Waals surface area (Å²) < 4.78 is 5.11. The molecule has 0 aliphatic heterocycles. The fraction of sp³-hybridized carbons (Fsp3) is 0.261. The molecule has 2 atom stereocenters. The van der Waals surface area contributed by atoms with Crippen LogP contribution in [0.25, 0.3) is 17.0 Å². The summed E-state index contributed by atoms with van der Waals surface area (Å²) in [6.07, 6.45) is 2.80. The van der Waals surface area contributed by atoms with Crippen LogP contribution in [0.5, 0.6) is 0 Å². The number of esters is 1. The number of nitrogens with one attached hydrogen (secondary N) is 1. The molecule has 3 aromatic rings. The van der Waals surface area contributed by atoms with Gasteiger partial charge in [-0.25, -0.2) is 4.79 Å². The van der Waals surface area contributed by atoms with E-state index in [0.717, 1.165) is 5.52 Å². The van der Waals surface area contributed by atoms with E-state index in [-0.39, 0.29) is 18.6 Å². The average Bonchev–Trinajstić information content (AvgIpc) is 3.19. The summed E-state index contributed by atoms with van der Waals surface area (Å²) >= 11 is 0. The van der Waals surface area contributed by atoms with Crippen LogP contribution in [0, 0.1) is 20.2 Å². The largest absolute Gasteiger partial charge is 0.463 e. The predicted octanol–water partition coefficient (Wildman–Crippen LogP) is 4.21. The van der Waals surface area contributed by atoms with Crippen molar-refractivity contribution in [1.29, 1.82) is 0 Å². The highest BCUT2D eigenvalue weighted by atomic mass is 16.6. The quantitative estimate of drug-likeness (QED) is 0.219. The van der Waals surface area contributed by atoms with Crippen LogP contribution < -0.4 is 0 Å². The number of nitrogens with zero attached hydrogens (tertiary/aromatic N) is 2. The van der Waals surface area contributed by atoms with Crippen LogP contribution in [0.15, 0.2) is 66.4 Å². The summed E-state index contributed by atoms with van der Waals surface area (Å²) in [6, 6.07) is 14.6. The van der Waals surface area contributed by atoms with Gasteiger partial charge in [0.15, 0.2) is 0 Å². The van der Waals surface area contributed by atoms with E-state index in [1.165, 1.54) is 6.08 Å². The van der Waals surface area contributed by atoms with E-state index in [2.05, 4.69) is 4.98 Å². The molecule has 166 valence electrons. The molecule has 2 aromatic carbocycles. The van der Waals surface area contributed by atoms with Crippen molar-refractivity contribution in [1.82, 2.24) is 4.98 Å². The molecule has 9 heteroatoms. The molecule has 0 spiro atoms. The first kappa shape index (κ1) is 22.7. The number of aromatic nitrogens is 1. The van der Waals surface area contributed by atoms with E-state index < -0.39 is 34.3 Å². The van der Waals surface area contributed by atoms with Crippen molar-refractivity contribution in [2.45, 2.75) is 25.3 Å². The summed E-state index contributed by atoms with van der Waals surface area (Å²) in [5, 5.41) is 24.2. The Hall–Kier alpha value is -4.01. The maximum Gasteiger partial charge on any atom is 0.334 e. The van der Waals surface area contributed by atoms with Crippen LogP contribution in [0.1, 0.15) is 30.4 Å². The van der Waals surface area contributed by atoms with Crippen molar-refractivity contribution in [2.24, 2.45) is 0 Å². The zero-order valence-corrected chi connectivity index (χ0v) is 17.5. The van der Waals surface area contributed by atoms with Gasteiger partial charge in [-0.3, -0.25) is 20.2 Å². The number of hydrogen-bond donors (Lipinski definition) is 1. The van der Waals surface area contributed by atoms with E-state index in [1.807, 2.05) is 6.07 Å². The zero-order valence-electron chi connectivity index (χ0n) is 17.5. The first-order valence-electron chi connectivity index (χ1n) is 10.1. The topological polar surface area (TPSA) is 128 Å². The molecule has 0 aliphatic rings. The fourth-order valence-corrected chi connectivity index (χ4v) is 3.75. The summed E-state index contributed by atoms with van der Waals surface area (Å²) in [5.41, 5.74) is 1.97. The second kappa shape index (κ2) is 10.3. The molecule has 1 aromatic heterocycles. The lowest BCUT2D eigenvalue weighted by atomic mass is 9.87. The van der Waals surface area contributed by atoms with Crippen LogP contribution in [0.4, 0.5) is 0 Å². The number of carbonyl (C=O) groups is 1. The normalized spacial score (nSPS) is 13.5. The molecule has 1 heterocycles. The minimum atomic E-state index is -1.40. The summed E-state index contributed by atoms with van der Waals surface area (Å²) in [4.78, 5) is 38.1. The molecular formula is C23H23N3O6. The number of fused-ring (bicyclic) bond motifs is 1. The Morgan fingerprint density at radius 3 is 2.44 bits per heavy atom. The Morgan fingerprint density at radius 1 is 1.09 bits per heavy atom. The summed E-state index contributed by atoms with van der Waals surface area (Å²) in [7, 11) is 0. The molecular weight excluding hydrogens is 414 g/mol. The number of hydrogen-bond acceptors (Lipinski definition) is 6. The number of carbonyl (C=O) groups excluding carboxylic acids is 1. The molecule has 0 amide bonds. The molecule has 0 bridgehead atoms. The minimum Gasteiger partial charge on any atom is -0.463 e. The Bertz CT molecular complexity index is 1140. The molecule has 0 aliphatic carbocycles. The number of H-pyrrole nitrogens is 1. The van der Waals surface area contributed by atoms with Gasteiger partial charge in [-0.2, -0.15) is 0 Å². The van der Waals surface area contributed by atoms with Crippen molar-refractivity contribution < 1.29 is 19.4 Å². The standard InChI is InChI=1S/C23H23N3O6/c1-2-32-23(27)17(12-16-8-4-3-5-9-16)13-22(26(30)31)20(15-25(28)29)19-14-24-21-11-7-6-10-18(19)21/h3-12,14,20,22,24H,2,13,15H2,1H3/b17-12+/t20-,22-/m0/s1. The average molecular weight is 437 g/mol.